The molecular weight excluding hydrogens is 426 g/mol. The van der Waals surface area contributed by atoms with Crippen LogP contribution in [-0.4, -0.2) is 34.0 Å². The van der Waals surface area contributed by atoms with Crippen molar-refractivity contribution in [2.24, 2.45) is 0 Å². The molecule has 0 saturated carbocycles. The van der Waals surface area contributed by atoms with Crippen molar-refractivity contribution in [2.75, 3.05) is 13.7 Å². The van der Waals surface area contributed by atoms with Crippen LogP contribution in [0.4, 0.5) is 0 Å². The van der Waals surface area contributed by atoms with E-state index in [9.17, 15) is 9.59 Å². The molecule has 0 saturated heterocycles. The molecule has 3 aromatic carbocycles. The Morgan fingerprint density at radius 1 is 1.03 bits per heavy atom. The van der Waals surface area contributed by atoms with Crippen molar-refractivity contribution in [1.29, 1.82) is 0 Å². The van der Waals surface area contributed by atoms with E-state index in [4.69, 9.17) is 9.72 Å². The van der Waals surface area contributed by atoms with Gasteiger partial charge in [0.05, 0.1) is 29.7 Å². The number of carbonyl (C=O) groups is 1. The highest BCUT2D eigenvalue weighted by atomic mass is 16.5. The third-order valence-corrected chi connectivity index (χ3v) is 6.31. The van der Waals surface area contributed by atoms with Crippen LogP contribution in [0.5, 0.6) is 5.75 Å². The van der Waals surface area contributed by atoms with E-state index in [0.29, 0.717) is 34.6 Å². The average Bonchev–Trinajstić information content (AvgIpc) is 2.86. The molecule has 0 radical (unpaired) electrons. The molecule has 0 fully saturated rings. The molecule has 0 N–H and O–H groups in total. The standard InChI is InChI=1S/C28H29N3O3/c1-6-30(27(32)21-10-9-11-23(17-21)34-5)20(4)26-29-25-13-8-7-12-24(25)28(33)31(26)22-15-14-18(2)19(3)16-22/h7-17,20H,6H2,1-5H3. The van der Waals surface area contributed by atoms with Gasteiger partial charge in [-0.1, -0.05) is 24.3 Å². The van der Waals surface area contributed by atoms with E-state index in [1.54, 1.807) is 46.9 Å². The highest BCUT2D eigenvalue weighted by Gasteiger charge is 2.27. The predicted octanol–water partition coefficient (Wildman–Crippen LogP) is 5.23. The van der Waals surface area contributed by atoms with Crippen LogP contribution in [0.1, 0.15) is 47.2 Å². The quantitative estimate of drug-likeness (QED) is 0.399. The van der Waals surface area contributed by atoms with Gasteiger partial charge in [0.2, 0.25) is 0 Å². The summed E-state index contributed by atoms with van der Waals surface area (Å²) in [6, 6.07) is 19.9. The lowest BCUT2D eigenvalue weighted by Crippen LogP contribution is -2.37. The van der Waals surface area contributed by atoms with E-state index in [-0.39, 0.29) is 11.5 Å². The van der Waals surface area contributed by atoms with Gasteiger partial charge in [0.15, 0.2) is 0 Å². The van der Waals surface area contributed by atoms with Crippen molar-refractivity contribution < 1.29 is 9.53 Å². The Bertz CT molecular complexity index is 1420. The Kier molecular flexibility index (Phi) is 6.50. The lowest BCUT2D eigenvalue weighted by Gasteiger charge is -2.30. The van der Waals surface area contributed by atoms with Crippen LogP contribution in [0.3, 0.4) is 0 Å². The molecule has 6 heteroatoms. The monoisotopic (exact) mass is 455 g/mol. The average molecular weight is 456 g/mol. The number of aromatic nitrogens is 2. The number of ether oxygens (including phenoxy) is 1. The minimum atomic E-state index is -0.456. The molecule has 0 bridgehead atoms. The molecule has 0 aliphatic heterocycles. The molecule has 0 aliphatic rings. The van der Waals surface area contributed by atoms with Crippen molar-refractivity contribution in [3.05, 3.63) is 99.6 Å². The van der Waals surface area contributed by atoms with Crippen LogP contribution in [0.15, 0.2) is 71.5 Å². The molecular formula is C28H29N3O3. The van der Waals surface area contributed by atoms with Crippen LogP contribution in [0.2, 0.25) is 0 Å². The van der Waals surface area contributed by atoms with Gasteiger partial charge in [-0.05, 0) is 81.3 Å². The van der Waals surface area contributed by atoms with Gasteiger partial charge in [0.1, 0.15) is 11.6 Å². The fraction of sp³-hybridized carbons (Fsp3) is 0.250. The number of methoxy groups -OCH3 is 1. The first-order valence-electron chi connectivity index (χ1n) is 11.4. The zero-order chi connectivity index (χ0) is 24.4. The zero-order valence-corrected chi connectivity index (χ0v) is 20.2. The van der Waals surface area contributed by atoms with Crippen LogP contribution >= 0.6 is 0 Å². The second-order valence-corrected chi connectivity index (χ2v) is 8.40. The predicted molar refractivity (Wildman–Crippen MR) is 135 cm³/mol. The summed E-state index contributed by atoms with van der Waals surface area (Å²) in [7, 11) is 1.57. The first-order chi connectivity index (χ1) is 16.3. The van der Waals surface area contributed by atoms with Gasteiger partial charge in [-0.2, -0.15) is 0 Å². The minimum absolute atomic E-state index is 0.150. The van der Waals surface area contributed by atoms with Gasteiger partial charge >= 0.3 is 0 Å². The van der Waals surface area contributed by atoms with Gasteiger partial charge in [0, 0.05) is 12.1 Å². The number of benzene rings is 3. The topological polar surface area (TPSA) is 64.4 Å². The number of rotatable bonds is 6. The minimum Gasteiger partial charge on any atom is -0.497 e. The third kappa shape index (κ3) is 4.19. The van der Waals surface area contributed by atoms with E-state index in [2.05, 4.69) is 0 Å². The van der Waals surface area contributed by atoms with Crippen LogP contribution in [0.25, 0.3) is 16.6 Å². The van der Waals surface area contributed by atoms with Crippen molar-refractivity contribution in [3.63, 3.8) is 0 Å². The lowest BCUT2D eigenvalue weighted by atomic mass is 10.1. The highest BCUT2D eigenvalue weighted by Crippen LogP contribution is 2.26. The Balaban J connectivity index is 1.90. The number of aryl methyl sites for hydroxylation is 2. The molecule has 1 amide bonds. The van der Waals surface area contributed by atoms with E-state index in [1.165, 1.54) is 0 Å². The lowest BCUT2D eigenvalue weighted by molar-refractivity contribution is 0.0693. The fourth-order valence-electron chi connectivity index (χ4n) is 4.20. The van der Waals surface area contributed by atoms with Crippen molar-refractivity contribution >= 4 is 16.8 Å². The second kappa shape index (κ2) is 9.51. The van der Waals surface area contributed by atoms with Gasteiger partial charge in [0.25, 0.3) is 11.5 Å². The first kappa shape index (κ1) is 23.2. The highest BCUT2D eigenvalue weighted by molar-refractivity contribution is 5.95. The number of hydrogen-bond acceptors (Lipinski definition) is 4. The molecule has 0 spiro atoms. The molecule has 4 rings (SSSR count). The van der Waals surface area contributed by atoms with Crippen molar-refractivity contribution in [1.82, 2.24) is 14.5 Å². The normalized spacial score (nSPS) is 11.9. The Hall–Kier alpha value is -3.93. The Morgan fingerprint density at radius 3 is 2.50 bits per heavy atom. The molecule has 34 heavy (non-hydrogen) atoms. The first-order valence-corrected chi connectivity index (χ1v) is 11.4. The molecule has 174 valence electrons. The summed E-state index contributed by atoms with van der Waals surface area (Å²) in [6.07, 6.45) is 0. The van der Waals surface area contributed by atoms with Crippen molar-refractivity contribution in [3.8, 4) is 11.4 Å². The maximum atomic E-state index is 13.7. The molecule has 1 atom stereocenters. The molecule has 1 unspecified atom stereocenters. The summed E-state index contributed by atoms with van der Waals surface area (Å²) in [5.74, 6) is 0.985. The summed E-state index contributed by atoms with van der Waals surface area (Å²) < 4.78 is 6.94. The SMILES string of the molecule is CCN(C(=O)c1cccc(OC)c1)C(C)c1nc2ccccc2c(=O)n1-c1ccc(C)c(C)c1. The summed E-state index contributed by atoms with van der Waals surface area (Å²) in [5, 5.41) is 0.541. The summed E-state index contributed by atoms with van der Waals surface area (Å²) in [4.78, 5) is 33.8. The maximum absolute atomic E-state index is 13.7. The van der Waals surface area contributed by atoms with E-state index < -0.39 is 6.04 Å². The van der Waals surface area contributed by atoms with Gasteiger partial charge in [-0.15, -0.1) is 0 Å². The molecule has 6 nitrogen and oxygen atoms in total. The van der Waals surface area contributed by atoms with E-state index in [1.807, 2.05) is 64.1 Å². The van der Waals surface area contributed by atoms with Gasteiger partial charge < -0.3 is 9.64 Å². The second-order valence-electron chi connectivity index (χ2n) is 8.40. The summed E-state index contributed by atoms with van der Waals surface area (Å²) >= 11 is 0. The summed E-state index contributed by atoms with van der Waals surface area (Å²) in [5.41, 5.74) is 3.94. The molecule has 1 aromatic heterocycles. The number of amides is 1. The molecule has 4 aromatic rings. The smallest absolute Gasteiger partial charge is 0.266 e. The number of carbonyl (C=O) groups excluding carboxylic acids is 1. The third-order valence-electron chi connectivity index (χ3n) is 6.31. The van der Waals surface area contributed by atoms with Crippen LogP contribution in [-0.2, 0) is 0 Å². The molecule has 0 aliphatic carbocycles. The maximum Gasteiger partial charge on any atom is 0.266 e. The number of nitrogens with zero attached hydrogens (tertiary/aromatic N) is 3. The summed E-state index contributed by atoms with van der Waals surface area (Å²) in [6.45, 7) is 8.35. The van der Waals surface area contributed by atoms with Crippen molar-refractivity contribution in [2.45, 2.75) is 33.7 Å². The van der Waals surface area contributed by atoms with Gasteiger partial charge in [-0.25, -0.2) is 4.98 Å². The fourth-order valence-corrected chi connectivity index (χ4v) is 4.20. The van der Waals surface area contributed by atoms with Gasteiger partial charge in [-0.3, -0.25) is 14.2 Å². The zero-order valence-electron chi connectivity index (χ0n) is 20.2. The Labute approximate surface area is 199 Å². The van der Waals surface area contributed by atoms with Crippen LogP contribution < -0.4 is 10.3 Å². The largest absolute Gasteiger partial charge is 0.497 e. The number of para-hydroxylation sites is 1. The number of fused-ring (bicyclic) bond motifs is 1. The van der Waals surface area contributed by atoms with E-state index >= 15 is 0 Å². The number of hydrogen-bond donors (Lipinski definition) is 0. The molecule has 1 heterocycles. The van der Waals surface area contributed by atoms with E-state index in [0.717, 1.165) is 16.8 Å². The van der Waals surface area contributed by atoms with Crippen LogP contribution in [0, 0.1) is 13.8 Å². The Morgan fingerprint density at radius 2 is 1.79 bits per heavy atom.